The molecule has 0 saturated heterocycles. The lowest BCUT2D eigenvalue weighted by molar-refractivity contribution is -0.145. The molecule has 0 amide bonds. The van der Waals surface area contributed by atoms with Crippen molar-refractivity contribution in [1.29, 1.82) is 0 Å². The molecule has 0 bridgehead atoms. The average molecular weight is 312 g/mol. The van der Waals surface area contributed by atoms with E-state index >= 15 is 0 Å². The van der Waals surface area contributed by atoms with E-state index in [0.717, 1.165) is 12.0 Å². The van der Waals surface area contributed by atoms with Crippen molar-refractivity contribution in [2.24, 2.45) is 11.7 Å². The largest absolute Gasteiger partial charge is 0.461 e. The van der Waals surface area contributed by atoms with Gasteiger partial charge >= 0.3 is 5.97 Å². The van der Waals surface area contributed by atoms with Gasteiger partial charge < -0.3 is 10.5 Å². The molecular weight excluding hydrogens is 298 g/mol. The van der Waals surface area contributed by atoms with Gasteiger partial charge in [0.05, 0.1) is 0 Å². The fourth-order valence-corrected chi connectivity index (χ4v) is 2.05. The lowest BCUT2D eigenvalue weighted by atomic mass is 10.3. The van der Waals surface area contributed by atoms with Gasteiger partial charge in [-0.15, -0.1) is 12.4 Å². The van der Waals surface area contributed by atoms with E-state index in [1.807, 2.05) is 0 Å². The SMILES string of the molecule is Cl.N[C@H]1C[C@H]1CC(=O)OCc1cc(Cl)nc(Cl)c1. The molecule has 2 N–H and O–H groups in total. The lowest BCUT2D eigenvalue weighted by Crippen LogP contribution is -2.09. The fourth-order valence-electron chi connectivity index (χ4n) is 1.54. The summed E-state index contributed by atoms with van der Waals surface area (Å²) in [5.41, 5.74) is 6.34. The standard InChI is InChI=1S/C11H12Cl2N2O2.ClH/c12-9-1-6(2-10(13)15-9)5-17-11(16)4-7-3-8(7)14;/h1-2,7-8H,3-5,14H2;1H/t7-,8-;/m0./s1. The molecule has 1 fully saturated rings. The zero-order chi connectivity index (χ0) is 12.4. The molecule has 1 aromatic heterocycles. The summed E-state index contributed by atoms with van der Waals surface area (Å²) >= 11 is 11.5. The van der Waals surface area contributed by atoms with Crippen LogP contribution in [0.3, 0.4) is 0 Å². The molecule has 4 nitrogen and oxygen atoms in total. The number of rotatable bonds is 4. The Bertz CT molecular complexity index is 422. The maximum atomic E-state index is 11.4. The van der Waals surface area contributed by atoms with Gasteiger partial charge in [0, 0.05) is 12.5 Å². The maximum absolute atomic E-state index is 11.4. The van der Waals surface area contributed by atoms with Crippen molar-refractivity contribution in [1.82, 2.24) is 4.98 Å². The van der Waals surface area contributed by atoms with Gasteiger partial charge in [0.15, 0.2) is 0 Å². The van der Waals surface area contributed by atoms with Crippen molar-refractivity contribution >= 4 is 41.6 Å². The second kappa shape index (κ2) is 6.57. The van der Waals surface area contributed by atoms with Gasteiger partial charge in [-0.3, -0.25) is 4.79 Å². The van der Waals surface area contributed by atoms with Gasteiger partial charge in [-0.05, 0) is 30.0 Å². The van der Waals surface area contributed by atoms with E-state index in [0.29, 0.717) is 6.42 Å². The third-order valence-electron chi connectivity index (χ3n) is 2.63. The summed E-state index contributed by atoms with van der Waals surface area (Å²) in [4.78, 5) is 15.2. The summed E-state index contributed by atoms with van der Waals surface area (Å²) in [7, 11) is 0. The monoisotopic (exact) mass is 310 g/mol. The number of hydrogen-bond donors (Lipinski definition) is 1. The van der Waals surface area contributed by atoms with E-state index < -0.39 is 0 Å². The quantitative estimate of drug-likeness (QED) is 0.685. The van der Waals surface area contributed by atoms with E-state index in [4.69, 9.17) is 33.7 Å². The normalized spacial score (nSPS) is 21.1. The molecule has 2 atom stereocenters. The zero-order valence-electron chi connectivity index (χ0n) is 9.44. The third-order valence-corrected chi connectivity index (χ3v) is 3.02. The number of pyridine rings is 1. The molecule has 2 rings (SSSR count). The van der Waals surface area contributed by atoms with E-state index in [-0.39, 0.29) is 47.2 Å². The number of ether oxygens (including phenoxy) is 1. The lowest BCUT2D eigenvalue weighted by Gasteiger charge is -2.05. The first-order chi connectivity index (χ1) is 8.04. The highest BCUT2D eigenvalue weighted by Gasteiger charge is 2.35. The molecule has 0 spiro atoms. The van der Waals surface area contributed by atoms with Crippen LogP contribution < -0.4 is 5.73 Å². The molecule has 0 aromatic carbocycles. The molecule has 18 heavy (non-hydrogen) atoms. The van der Waals surface area contributed by atoms with Crippen molar-refractivity contribution in [2.45, 2.75) is 25.5 Å². The summed E-state index contributed by atoms with van der Waals surface area (Å²) in [6.45, 7) is 0.156. The minimum absolute atomic E-state index is 0. The number of carbonyl (C=O) groups excluding carboxylic acids is 1. The highest BCUT2D eigenvalue weighted by Crippen LogP contribution is 2.31. The number of hydrogen-bond acceptors (Lipinski definition) is 4. The summed E-state index contributed by atoms with van der Waals surface area (Å²) in [5, 5.41) is 0.570. The summed E-state index contributed by atoms with van der Waals surface area (Å²) in [6.07, 6.45) is 1.29. The molecule has 0 aliphatic heterocycles. The molecule has 1 aliphatic rings. The van der Waals surface area contributed by atoms with Crippen LogP contribution in [-0.4, -0.2) is 17.0 Å². The Morgan fingerprint density at radius 1 is 1.44 bits per heavy atom. The molecule has 1 heterocycles. The first-order valence-electron chi connectivity index (χ1n) is 5.28. The highest BCUT2D eigenvalue weighted by atomic mass is 35.5. The molecule has 1 saturated carbocycles. The van der Waals surface area contributed by atoms with Crippen LogP contribution in [0.15, 0.2) is 12.1 Å². The summed E-state index contributed by atoms with van der Waals surface area (Å²) < 4.78 is 5.10. The number of esters is 1. The van der Waals surface area contributed by atoms with Crippen molar-refractivity contribution < 1.29 is 9.53 Å². The van der Waals surface area contributed by atoms with Crippen molar-refractivity contribution in [3.05, 3.63) is 28.0 Å². The van der Waals surface area contributed by atoms with Crippen LogP contribution in [-0.2, 0) is 16.1 Å². The Kier molecular flexibility index (Phi) is 5.66. The van der Waals surface area contributed by atoms with E-state index in [2.05, 4.69) is 4.98 Å². The van der Waals surface area contributed by atoms with Gasteiger partial charge in [0.25, 0.3) is 0 Å². The predicted octanol–water partition coefficient (Wildman–Crippen LogP) is 2.59. The molecule has 7 heteroatoms. The van der Waals surface area contributed by atoms with E-state index in [1.54, 1.807) is 12.1 Å². The van der Waals surface area contributed by atoms with Crippen molar-refractivity contribution in [3.63, 3.8) is 0 Å². The topological polar surface area (TPSA) is 65.2 Å². The second-order valence-electron chi connectivity index (χ2n) is 4.15. The van der Waals surface area contributed by atoms with Crippen LogP contribution in [0, 0.1) is 5.92 Å². The van der Waals surface area contributed by atoms with Gasteiger partial charge in [-0.1, -0.05) is 23.2 Å². The van der Waals surface area contributed by atoms with Crippen LogP contribution in [0.1, 0.15) is 18.4 Å². The van der Waals surface area contributed by atoms with Crippen LogP contribution in [0.5, 0.6) is 0 Å². The molecule has 100 valence electrons. The summed E-state index contributed by atoms with van der Waals surface area (Å²) in [5.74, 6) is 0.0409. The van der Waals surface area contributed by atoms with Crippen molar-refractivity contribution in [2.75, 3.05) is 0 Å². The van der Waals surface area contributed by atoms with Crippen molar-refractivity contribution in [3.8, 4) is 0 Å². The predicted molar refractivity (Wildman–Crippen MR) is 72.0 cm³/mol. The molecule has 1 aliphatic carbocycles. The Balaban J connectivity index is 0.00000162. The Morgan fingerprint density at radius 2 is 2.00 bits per heavy atom. The first-order valence-corrected chi connectivity index (χ1v) is 6.03. The molecular formula is C11H13Cl3N2O2. The zero-order valence-corrected chi connectivity index (χ0v) is 11.8. The van der Waals surface area contributed by atoms with E-state index in [9.17, 15) is 4.79 Å². The Morgan fingerprint density at radius 3 is 2.50 bits per heavy atom. The van der Waals surface area contributed by atoms with Crippen LogP contribution >= 0.6 is 35.6 Å². The van der Waals surface area contributed by atoms with Gasteiger partial charge in [0.2, 0.25) is 0 Å². The number of halogens is 3. The Labute approximate surface area is 121 Å². The maximum Gasteiger partial charge on any atom is 0.306 e. The van der Waals surface area contributed by atoms with Gasteiger partial charge in [0.1, 0.15) is 16.9 Å². The van der Waals surface area contributed by atoms with Crippen LogP contribution in [0.25, 0.3) is 0 Å². The second-order valence-corrected chi connectivity index (χ2v) is 4.92. The first kappa shape index (κ1) is 15.5. The number of nitrogens with two attached hydrogens (primary N) is 1. The smallest absolute Gasteiger partial charge is 0.306 e. The molecule has 0 unspecified atom stereocenters. The number of carbonyl (C=O) groups is 1. The van der Waals surface area contributed by atoms with Crippen LogP contribution in [0.2, 0.25) is 10.3 Å². The van der Waals surface area contributed by atoms with E-state index in [1.165, 1.54) is 0 Å². The minimum Gasteiger partial charge on any atom is -0.461 e. The minimum atomic E-state index is -0.244. The summed E-state index contributed by atoms with van der Waals surface area (Å²) in [6, 6.07) is 3.39. The number of aromatic nitrogens is 1. The molecule has 1 aromatic rings. The fraction of sp³-hybridized carbons (Fsp3) is 0.455. The number of nitrogens with zero attached hydrogens (tertiary/aromatic N) is 1. The van der Waals surface area contributed by atoms with Gasteiger partial charge in [-0.2, -0.15) is 0 Å². The van der Waals surface area contributed by atoms with Crippen LogP contribution in [0.4, 0.5) is 0 Å². The Hall–Kier alpha value is -0.550. The average Bonchev–Trinajstić information content (AvgIpc) is 2.90. The molecule has 0 radical (unpaired) electrons. The highest BCUT2D eigenvalue weighted by molar-refractivity contribution is 6.32. The van der Waals surface area contributed by atoms with Gasteiger partial charge in [-0.25, -0.2) is 4.98 Å². The third kappa shape index (κ3) is 4.61.